The number of amides is 1. The van der Waals surface area contributed by atoms with Crippen molar-refractivity contribution in [2.24, 2.45) is 5.92 Å². The number of piperidine rings is 1. The number of halogens is 3. The van der Waals surface area contributed by atoms with Crippen LogP contribution >= 0.6 is 11.3 Å². The van der Waals surface area contributed by atoms with Crippen molar-refractivity contribution in [3.05, 3.63) is 56.3 Å². The molecule has 6 nitrogen and oxygen atoms in total. The van der Waals surface area contributed by atoms with Gasteiger partial charge in [0.25, 0.3) is 5.69 Å². The van der Waals surface area contributed by atoms with Gasteiger partial charge < -0.3 is 10.2 Å². The predicted molar refractivity (Wildman–Crippen MR) is 99.2 cm³/mol. The zero-order valence-corrected chi connectivity index (χ0v) is 15.6. The van der Waals surface area contributed by atoms with Crippen LogP contribution in [0.3, 0.4) is 0 Å². The van der Waals surface area contributed by atoms with Gasteiger partial charge in [-0.3, -0.25) is 14.9 Å². The summed E-state index contributed by atoms with van der Waals surface area (Å²) in [5.41, 5.74) is -1.48. The highest BCUT2D eigenvalue weighted by Crippen LogP contribution is 2.37. The highest BCUT2D eigenvalue weighted by molar-refractivity contribution is 7.09. The number of thiophene rings is 1. The number of benzene rings is 1. The molecule has 0 unspecified atom stereocenters. The Labute approximate surface area is 163 Å². The molecule has 1 aromatic heterocycles. The summed E-state index contributed by atoms with van der Waals surface area (Å²) in [7, 11) is 0. The third kappa shape index (κ3) is 4.61. The normalized spacial score (nSPS) is 15.5. The van der Waals surface area contributed by atoms with E-state index in [-0.39, 0.29) is 17.5 Å². The van der Waals surface area contributed by atoms with Gasteiger partial charge in [0.15, 0.2) is 0 Å². The lowest BCUT2D eigenvalue weighted by Gasteiger charge is -2.32. The molecule has 1 aliphatic heterocycles. The van der Waals surface area contributed by atoms with Crippen LogP contribution in [0.4, 0.5) is 24.5 Å². The molecule has 0 atom stereocenters. The number of nitro benzene ring substituents is 1. The zero-order chi connectivity index (χ0) is 20.3. The van der Waals surface area contributed by atoms with E-state index in [1.807, 2.05) is 17.5 Å². The first-order valence-electron chi connectivity index (χ1n) is 8.66. The summed E-state index contributed by atoms with van der Waals surface area (Å²) in [6.07, 6.45) is -3.68. The molecule has 2 heterocycles. The smallest absolute Gasteiger partial charge is 0.366 e. The Balaban J connectivity index is 1.64. The minimum atomic E-state index is -4.64. The minimum Gasteiger partial charge on any atom is -0.366 e. The SMILES string of the molecule is O=C(NCc1cccs1)C1CCN(c2ccc(C(F)(F)F)cc2[N+](=O)[O-])CC1. The molecular weight excluding hydrogens is 395 g/mol. The fourth-order valence-electron chi connectivity index (χ4n) is 3.23. The van der Waals surface area contributed by atoms with E-state index in [4.69, 9.17) is 0 Å². The summed E-state index contributed by atoms with van der Waals surface area (Å²) in [6, 6.07) is 6.38. The number of nitrogens with one attached hydrogen (secondary N) is 1. The first kappa shape index (κ1) is 20.1. The Morgan fingerprint density at radius 3 is 2.57 bits per heavy atom. The maximum atomic E-state index is 12.8. The van der Waals surface area contributed by atoms with E-state index in [0.29, 0.717) is 38.5 Å². The van der Waals surface area contributed by atoms with Crippen LogP contribution in [-0.2, 0) is 17.5 Å². The molecular formula is C18H18F3N3O3S. The number of carbonyl (C=O) groups excluding carboxylic acids is 1. The molecule has 0 bridgehead atoms. The second kappa shape index (κ2) is 8.17. The van der Waals surface area contributed by atoms with Gasteiger partial charge in [-0.05, 0) is 36.4 Å². The van der Waals surface area contributed by atoms with Gasteiger partial charge in [-0.1, -0.05) is 6.07 Å². The first-order valence-corrected chi connectivity index (χ1v) is 9.54. The van der Waals surface area contributed by atoms with E-state index in [2.05, 4.69) is 5.32 Å². The van der Waals surface area contributed by atoms with Crippen molar-refractivity contribution in [3.8, 4) is 0 Å². The van der Waals surface area contributed by atoms with Crippen LogP contribution in [0, 0.1) is 16.0 Å². The summed E-state index contributed by atoms with van der Waals surface area (Å²) in [5.74, 6) is -0.292. The van der Waals surface area contributed by atoms with E-state index in [1.165, 1.54) is 0 Å². The number of anilines is 1. The monoisotopic (exact) mass is 413 g/mol. The number of rotatable bonds is 5. The molecule has 0 spiro atoms. The Bertz CT molecular complexity index is 848. The molecule has 0 aliphatic carbocycles. The lowest BCUT2D eigenvalue weighted by molar-refractivity contribution is -0.384. The molecule has 1 N–H and O–H groups in total. The van der Waals surface area contributed by atoms with Crippen molar-refractivity contribution in [1.29, 1.82) is 0 Å². The van der Waals surface area contributed by atoms with Crippen molar-refractivity contribution >= 4 is 28.6 Å². The van der Waals surface area contributed by atoms with Crippen molar-refractivity contribution in [2.75, 3.05) is 18.0 Å². The van der Waals surface area contributed by atoms with E-state index in [0.717, 1.165) is 17.0 Å². The lowest BCUT2D eigenvalue weighted by Crippen LogP contribution is -2.40. The van der Waals surface area contributed by atoms with Gasteiger partial charge in [-0.2, -0.15) is 13.2 Å². The average molecular weight is 413 g/mol. The molecule has 28 heavy (non-hydrogen) atoms. The van der Waals surface area contributed by atoms with Crippen LogP contribution in [0.15, 0.2) is 35.7 Å². The number of hydrogen-bond donors (Lipinski definition) is 1. The summed E-state index contributed by atoms with van der Waals surface area (Å²) in [4.78, 5) is 25.5. The molecule has 1 aliphatic rings. The average Bonchev–Trinajstić information content (AvgIpc) is 3.18. The topological polar surface area (TPSA) is 75.5 Å². The molecule has 3 rings (SSSR count). The first-order chi connectivity index (χ1) is 13.3. The zero-order valence-electron chi connectivity index (χ0n) is 14.7. The molecule has 0 radical (unpaired) electrons. The maximum Gasteiger partial charge on any atom is 0.416 e. The fourth-order valence-corrected chi connectivity index (χ4v) is 3.87. The minimum absolute atomic E-state index is 0.0741. The van der Waals surface area contributed by atoms with Crippen LogP contribution in [0.2, 0.25) is 0 Å². The van der Waals surface area contributed by atoms with E-state index >= 15 is 0 Å². The number of hydrogen-bond acceptors (Lipinski definition) is 5. The summed E-state index contributed by atoms with van der Waals surface area (Å²) in [6.45, 7) is 1.19. The molecule has 1 saturated heterocycles. The highest BCUT2D eigenvalue weighted by Gasteiger charge is 2.34. The van der Waals surface area contributed by atoms with Crippen LogP contribution in [-0.4, -0.2) is 23.9 Å². The molecule has 2 aromatic rings. The van der Waals surface area contributed by atoms with E-state index < -0.39 is 22.4 Å². The largest absolute Gasteiger partial charge is 0.416 e. The van der Waals surface area contributed by atoms with Crippen LogP contribution in [0.5, 0.6) is 0 Å². The standard InChI is InChI=1S/C18H18F3N3O3S/c19-18(20,21)13-3-4-15(16(10-13)24(26)27)23-7-5-12(6-8-23)17(25)22-11-14-2-1-9-28-14/h1-4,9-10,12H,5-8,11H2,(H,22,25). The molecule has 10 heteroatoms. The Morgan fingerprint density at radius 1 is 1.29 bits per heavy atom. The summed E-state index contributed by atoms with van der Waals surface area (Å²) in [5, 5.41) is 16.1. The van der Waals surface area contributed by atoms with Crippen molar-refractivity contribution in [2.45, 2.75) is 25.6 Å². The number of carbonyl (C=O) groups is 1. The Morgan fingerprint density at radius 2 is 2.00 bits per heavy atom. The molecule has 1 amide bonds. The van der Waals surface area contributed by atoms with Crippen LogP contribution in [0.1, 0.15) is 23.3 Å². The van der Waals surface area contributed by atoms with Crippen LogP contribution in [0.25, 0.3) is 0 Å². The van der Waals surface area contributed by atoms with Gasteiger partial charge in [0.05, 0.1) is 17.0 Å². The molecule has 1 fully saturated rings. The second-order valence-corrected chi connectivity index (χ2v) is 7.55. The quantitative estimate of drug-likeness (QED) is 0.589. The van der Waals surface area contributed by atoms with Crippen molar-refractivity contribution in [1.82, 2.24) is 5.32 Å². The van der Waals surface area contributed by atoms with Crippen LogP contribution < -0.4 is 10.2 Å². The van der Waals surface area contributed by atoms with Crippen molar-refractivity contribution in [3.63, 3.8) is 0 Å². The number of nitro groups is 1. The van der Waals surface area contributed by atoms with E-state index in [9.17, 15) is 28.1 Å². The Kier molecular flexibility index (Phi) is 5.87. The summed E-state index contributed by atoms with van der Waals surface area (Å²) >= 11 is 1.55. The lowest BCUT2D eigenvalue weighted by atomic mass is 9.95. The summed E-state index contributed by atoms with van der Waals surface area (Å²) < 4.78 is 38.5. The molecule has 150 valence electrons. The number of nitrogens with zero attached hydrogens (tertiary/aromatic N) is 2. The van der Waals surface area contributed by atoms with Gasteiger partial charge in [0.1, 0.15) is 5.69 Å². The third-order valence-corrected chi connectivity index (χ3v) is 5.60. The highest BCUT2D eigenvalue weighted by atomic mass is 32.1. The van der Waals surface area contributed by atoms with Gasteiger partial charge >= 0.3 is 6.18 Å². The third-order valence-electron chi connectivity index (χ3n) is 4.72. The fraction of sp³-hybridized carbons (Fsp3) is 0.389. The van der Waals surface area contributed by atoms with Gasteiger partial charge in [0.2, 0.25) is 5.91 Å². The van der Waals surface area contributed by atoms with Gasteiger partial charge in [-0.15, -0.1) is 11.3 Å². The number of alkyl halides is 3. The second-order valence-electron chi connectivity index (χ2n) is 6.52. The van der Waals surface area contributed by atoms with Gasteiger partial charge in [-0.25, -0.2) is 0 Å². The maximum absolute atomic E-state index is 12.8. The molecule has 1 aromatic carbocycles. The Hall–Kier alpha value is -2.62. The predicted octanol–water partition coefficient (Wildman–Crippen LogP) is 4.21. The van der Waals surface area contributed by atoms with Gasteiger partial charge in [0, 0.05) is 30.0 Å². The molecule has 0 saturated carbocycles. The van der Waals surface area contributed by atoms with Crippen molar-refractivity contribution < 1.29 is 22.9 Å². The van der Waals surface area contributed by atoms with E-state index in [1.54, 1.807) is 16.2 Å².